The Hall–Kier alpha value is -0.790. The van der Waals surface area contributed by atoms with Gasteiger partial charge in [0.15, 0.2) is 0 Å². The van der Waals surface area contributed by atoms with E-state index in [2.05, 4.69) is 0 Å². The first kappa shape index (κ1) is 10.3. The smallest absolute Gasteiger partial charge is 0.102 e. The molecular formula is C11H13ClO. The Labute approximate surface area is 84.0 Å². The summed E-state index contributed by atoms with van der Waals surface area (Å²) in [5.74, 6) is 0. The van der Waals surface area contributed by atoms with Crippen LogP contribution in [-0.4, -0.2) is 6.61 Å². The lowest BCUT2D eigenvalue weighted by Gasteiger charge is -2.12. The third kappa shape index (κ3) is 3.21. The molecule has 0 bridgehead atoms. The van der Waals surface area contributed by atoms with Crippen molar-refractivity contribution in [2.24, 2.45) is 0 Å². The molecule has 0 heterocycles. The molecule has 70 valence electrons. The fraction of sp³-hybridized carbons (Fsp3) is 0.273. The Kier molecular flexibility index (Phi) is 4.58. The lowest BCUT2D eigenvalue weighted by Crippen LogP contribution is -2.00. The van der Waals surface area contributed by atoms with Crippen LogP contribution < -0.4 is 0 Å². The molecule has 0 radical (unpaired) electrons. The van der Waals surface area contributed by atoms with Gasteiger partial charge in [-0.3, -0.25) is 0 Å². The lowest BCUT2D eigenvalue weighted by molar-refractivity contribution is 0.0969. The van der Waals surface area contributed by atoms with E-state index in [9.17, 15) is 0 Å². The van der Waals surface area contributed by atoms with Crippen molar-refractivity contribution >= 4 is 11.6 Å². The average Bonchev–Trinajstić information content (AvgIpc) is 2.19. The largest absolute Gasteiger partial charge is 0.370 e. The molecular weight excluding hydrogens is 184 g/mol. The molecule has 0 aliphatic carbocycles. The van der Waals surface area contributed by atoms with E-state index < -0.39 is 0 Å². The fourth-order valence-electron chi connectivity index (χ4n) is 1.15. The molecule has 1 aromatic rings. The van der Waals surface area contributed by atoms with Crippen molar-refractivity contribution in [2.45, 2.75) is 13.0 Å². The normalized spacial score (nSPS) is 13.4. The third-order valence-electron chi connectivity index (χ3n) is 1.72. The second kappa shape index (κ2) is 5.79. The van der Waals surface area contributed by atoms with E-state index in [1.165, 1.54) is 5.54 Å². The number of hydrogen-bond acceptors (Lipinski definition) is 1. The summed E-state index contributed by atoms with van der Waals surface area (Å²) in [5, 5.41) is 0. The Morgan fingerprint density at radius 3 is 2.62 bits per heavy atom. The van der Waals surface area contributed by atoms with Crippen molar-refractivity contribution in [1.29, 1.82) is 0 Å². The molecule has 0 saturated carbocycles. The predicted molar refractivity (Wildman–Crippen MR) is 55.8 cm³/mol. The zero-order valence-electron chi connectivity index (χ0n) is 7.61. The molecule has 13 heavy (non-hydrogen) atoms. The SMILES string of the molecule is CCOC(C=CCl)c1ccccc1. The lowest BCUT2D eigenvalue weighted by atomic mass is 10.1. The summed E-state index contributed by atoms with van der Waals surface area (Å²) in [5.41, 5.74) is 2.62. The summed E-state index contributed by atoms with van der Waals surface area (Å²) in [4.78, 5) is 0. The second-order valence-corrected chi connectivity index (χ2v) is 2.86. The fourth-order valence-corrected chi connectivity index (χ4v) is 1.28. The van der Waals surface area contributed by atoms with Crippen LogP contribution in [0.2, 0.25) is 0 Å². The number of benzene rings is 1. The molecule has 0 amide bonds. The van der Waals surface area contributed by atoms with Crippen LogP contribution in [0.3, 0.4) is 0 Å². The standard InChI is InChI=1S/C11H13ClO/c1-2-13-11(8-9-12)10-6-4-3-5-7-10/h3-9,11H,2H2,1H3. The van der Waals surface area contributed by atoms with Gasteiger partial charge in [-0.05, 0) is 18.6 Å². The maximum absolute atomic E-state index is 5.52. The topological polar surface area (TPSA) is 9.23 Å². The van der Waals surface area contributed by atoms with E-state index in [4.69, 9.17) is 16.3 Å². The van der Waals surface area contributed by atoms with Crippen molar-refractivity contribution in [1.82, 2.24) is 0 Å². The van der Waals surface area contributed by atoms with E-state index in [0.717, 1.165) is 5.56 Å². The van der Waals surface area contributed by atoms with Gasteiger partial charge in [0.05, 0.1) is 0 Å². The zero-order chi connectivity index (χ0) is 9.52. The third-order valence-corrected chi connectivity index (χ3v) is 1.87. The van der Waals surface area contributed by atoms with Crippen LogP contribution in [0, 0.1) is 0 Å². The number of hydrogen-bond donors (Lipinski definition) is 0. The van der Waals surface area contributed by atoms with Gasteiger partial charge in [-0.2, -0.15) is 0 Å². The summed E-state index contributed by atoms with van der Waals surface area (Å²) < 4.78 is 5.50. The van der Waals surface area contributed by atoms with E-state index in [1.807, 2.05) is 43.3 Å². The van der Waals surface area contributed by atoms with Crippen LogP contribution in [0.25, 0.3) is 0 Å². The molecule has 1 aromatic carbocycles. The van der Waals surface area contributed by atoms with Gasteiger partial charge in [0.1, 0.15) is 6.10 Å². The Morgan fingerprint density at radius 2 is 2.08 bits per heavy atom. The first-order valence-corrected chi connectivity index (χ1v) is 4.75. The highest BCUT2D eigenvalue weighted by Crippen LogP contribution is 2.18. The summed E-state index contributed by atoms with van der Waals surface area (Å²) in [6.45, 7) is 2.65. The number of ether oxygens (including phenoxy) is 1. The molecule has 0 aromatic heterocycles. The van der Waals surface area contributed by atoms with Crippen LogP contribution in [0.15, 0.2) is 41.9 Å². The van der Waals surface area contributed by atoms with Crippen LogP contribution in [0.5, 0.6) is 0 Å². The van der Waals surface area contributed by atoms with Crippen molar-refractivity contribution < 1.29 is 4.74 Å². The van der Waals surface area contributed by atoms with Crippen molar-refractivity contribution in [2.75, 3.05) is 6.61 Å². The van der Waals surface area contributed by atoms with Gasteiger partial charge in [0.25, 0.3) is 0 Å². The number of halogens is 1. The van der Waals surface area contributed by atoms with Crippen molar-refractivity contribution in [3.63, 3.8) is 0 Å². The summed E-state index contributed by atoms with van der Waals surface area (Å²) in [6.07, 6.45) is 1.81. The maximum atomic E-state index is 5.52. The maximum Gasteiger partial charge on any atom is 0.102 e. The Morgan fingerprint density at radius 1 is 1.38 bits per heavy atom. The first-order valence-electron chi connectivity index (χ1n) is 4.32. The van der Waals surface area contributed by atoms with Crippen LogP contribution in [-0.2, 0) is 4.74 Å². The van der Waals surface area contributed by atoms with Gasteiger partial charge in [0, 0.05) is 12.1 Å². The highest BCUT2D eigenvalue weighted by molar-refractivity contribution is 6.25. The van der Waals surface area contributed by atoms with Gasteiger partial charge < -0.3 is 4.74 Å². The number of rotatable bonds is 4. The minimum absolute atomic E-state index is 0.0244. The van der Waals surface area contributed by atoms with Gasteiger partial charge in [-0.15, -0.1) is 0 Å². The molecule has 0 fully saturated rings. The Balaban J connectivity index is 2.76. The molecule has 1 unspecified atom stereocenters. The monoisotopic (exact) mass is 196 g/mol. The van der Waals surface area contributed by atoms with Crippen LogP contribution >= 0.6 is 11.6 Å². The molecule has 0 N–H and O–H groups in total. The van der Waals surface area contributed by atoms with E-state index in [1.54, 1.807) is 0 Å². The quantitative estimate of drug-likeness (QED) is 0.716. The zero-order valence-corrected chi connectivity index (χ0v) is 8.37. The molecule has 0 saturated heterocycles. The van der Waals surface area contributed by atoms with Crippen LogP contribution in [0.4, 0.5) is 0 Å². The van der Waals surface area contributed by atoms with Crippen molar-refractivity contribution in [3.8, 4) is 0 Å². The molecule has 0 spiro atoms. The highest BCUT2D eigenvalue weighted by atomic mass is 35.5. The molecule has 1 atom stereocenters. The molecule has 1 nitrogen and oxygen atoms in total. The molecule has 2 heteroatoms. The van der Waals surface area contributed by atoms with Crippen LogP contribution in [0.1, 0.15) is 18.6 Å². The van der Waals surface area contributed by atoms with E-state index >= 15 is 0 Å². The predicted octanol–water partition coefficient (Wildman–Crippen LogP) is 3.52. The summed E-state index contributed by atoms with van der Waals surface area (Å²) in [6, 6.07) is 10.0. The highest BCUT2D eigenvalue weighted by Gasteiger charge is 2.05. The molecule has 1 rings (SSSR count). The first-order chi connectivity index (χ1) is 6.38. The van der Waals surface area contributed by atoms with E-state index in [0.29, 0.717) is 6.61 Å². The van der Waals surface area contributed by atoms with Gasteiger partial charge >= 0.3 is 0 Å². The van der Waals surface area contributed by atoms with Gasteiger partial charge in [-0.1, -0.05) is 41.9 Å². The minimum atomic E-state index is -0.0244. The summed E-state index contributed by atoms with van der Waals surface area (Å²) in [7, 11) is 0. The molecule has 0 aliphatic rings. The van der Waals surface area contributed by atoms with Gasteiger partial charge in [0.2, 0.25) is 0 Å². The summed E-state index contributed by atoms with van der Waals surface area (Å²) >= 11 is 5.52. The van der Waals surface area contributed by atoms with Gasteiger partial charge in [-0.25, -0.2) is 0 Å². The van der Waals surface area contributed by atoms with Crippen molar-refractivity contribution in [3.05, 3.63) is 47.5 Å². The average molecular weight is 197 g/mol. The Bertz CT molecular complexity index is 256. The second-order valence-electron chi connectivity index (χ2n) is 2.61. The van der Waals surface area contributed by atoms with E-state index in [-0.39, 0.29) is 6.10 Å². The minimum Gasteiger partial charge on any atom is -0.370 e. The molecule has 0 aliphatic heterocycles.